The van der Waals surface area contributed by atoms with E-state index in [2.05, 4.69) is 15.4 Å². The van der Waals surface area contributed by atoms with Crippen molar-refractivity contribution >= 4 is 17.7 Å². The van der Waals surface area contributed by atoms with Gasteiger partial charge in [-0.25, -0.2) is 9.67 Å². The van der Waals surface area contributed by atoms with Crippen molar-refractivity contribution in [2.24, 2.45) is 0 Å². The molecule has 28 heavy (non-hydrogen) atoms. The van der Waals surface area contributed by atoms with Gasteiger partial charge >= 0.3 is 0 Å². The average molecular weight is 375 g/mol. The summed E-state index contributed by atoms with van der Waals surface area (Å²) < 4.78 is 12.1. The van der Waals surface area contributed by atoms with E-state index in [0.717, 1.165) is 11.3 Å². The fourth-order valence-electron chi connectivity index (χ4n) is 2.41. The van der Waals surface area contributed by atoms with Gasteiger partial charge in [0.1, 0.15) is 18.7 Å². The van der Waals surface area contributed by atoms with Gasteiger partial charge in [-0.2, -0.15) is 10.4 Å². The maximum atomic E-state index is 12.1. The van der Waals surface area contributed by atoms with E-state index in [0.29, 0.717) is 17.2 Å². The van der Waals surface area contributed by atoms with Crippen LogP contribution in [0.15, 0.2) is 61.2 Å². The molecule has 1 amide bonds. The zero-order chi connectivity index (χ0) is 19.8. The van der Waals surface area contributed by atoms with Crippen LogP contribution in [-0.2, 0) is 4.79 Å². The molecule has 0 fully saturated rings. The fourth-order valence-corrected chi connectivity index (χ4v) is 2.41. The van der Waals surface area contributed by atoms with Gasteiger partial charge in [-0.3, -0.25) is 4.79 Å². The predicted octanol–water partition coefficient (Wildman–Crippen LogP) is 2.83. The standard InChI is InChI=1S/C20H17N5O3/c1-27-19-12-15(2-8-18(19)28-11-10-21)3-9-20(26)24-16-4-6-17(7-5-16)25-14-22-13-23-25/h2-9,12-14H,11H2,1H3,(H,24,26)/b9-3+. The molecule has 0 radical (unpaired) electrons. The van der Waals surface area contributed by atoms with Crippen molar-refractivity contribution in [3.63, 3.8) is 0 Å². The van der Waals surface area contributed by atoms with Gasteiger partial charge in [-0.05, 0) is 48.0 Å². The average Bonchev–Trinajstić information content (AvgIpc) is 3.26. The van der Waals surface area contributed by atoms with E-state index in [1.165, 1.54) is 19.5 Å². The molecule has 1 N–H and O–H groups in total. The number of nitrogens with zero attached hydrogens (tertiary/aromatic N) is 4. The molecule has 8 heteroatoms. The number of aromatic nitrogens is 3. The van der Waals surface area contributed by atoms with Crippen LogP contribution in [0.5, 0.6) is 11.5 Å². The molecule has 0 aliphatic rings. The van der Waals surface area contributed by atoms with Crippen LogP contribution in [0.3, 0.4) is 0 Å². The molecule has 2 aromatic carbocycles. The zero-order valence-electron chi connectivity index (χ0n) is 15.1. The van der Waals surface area contributed by atoms with Crippen molar-refractivity contribution in [3.8, 4) is 23.3 Å². The monoisotopic (exact) mass is 375 g/mol. The maximum absolute atomic E-state index is 12.1. The third kappa shape index (κ3) is 4.74. The summed E-state index contributed by atoms with van der Waals surface area (Å²) in [6.45, 7) is -0.0658. The number of carbonyl (C=O) groups is 1. The minimum Gasteiger partial charge on any atom is -0.493 e. The van der Waals surface area contributed by atoms with Gasteiger partial charge in [-0.1, -0.05) is 6.07 Å². The first-order valence-corrected chi connectivity index (χ1v) is 8.31. The lowest BCUT2D eigenvalue weighted by Crippen LogP contribution is -2.07. The number of amides is 1. The van der Waals surface area contributed by atoms with Gasteiger partial charge in [-0.15, -0.1) is 0 Å². The van der Waals surface area contributed by atoms with E-state index in [-0.39, 0.29) is 12.5 Å². The number of rotatable bonds is 7. The minimum atomic E-state index is -0.266. The highest BCUT2D eigenvalue weighted by Crippen LogP contribution is 2.28. The molecular weight excluding hydrogens is 358 g/mol. The summed E-state index contributed by atoms with van der Waals surface area (Å²) in [5.41, 5.74) is 2.27. The third-order valence-electron chi connectivity index (χ3n) is 3.73. The first-order chi connectivity index (χ1) is 13.7. The summed E-state index contributed by atoms with van der Waals surface area (Å²) >= 11 is 0. The Morgan fingerprint density at radius 3 is 2.75 bits per heavy atom. The van der Waals surface area contributed by atoms with Gasteiger partial charge in [0.05, 0.1) is 12.8 Å². The smallest absolute Gasteiger partial charge is 0.248 e. The first kappa shape index (κ1) is 18.7. The molecule has 0 saturated heterocycles. The molecule has 0 bridgehead atoms. The summed E-state index contributed by atoms with van der Waals surface area (Å²) in [5, 5.41) is 15.4. The van der Waals surface area contributed by atoms with Crippen LogP contribution >= 0.6 is 0 Å². The topological polar surface area (TPSA) is 102 Å². The normalized spacial score (nSPS) is 10.4. The van der Waals surface area contributed by atoms with E-state index < -0.39 is 0 Å². The van der Waals surface area contributed by atoms with Crippen LogP contribution in [0.25, 0.3) is 11.8 Å². The Labute approximate surface area is 161 Å². The van der Waals surface area contributed by atoms with Crippen molar-refractivity contribution in [2.45, 2.75) is 0 Å². The molecule has 8 nitrogen and oxygen atoms in total. The highest BCUT2D eigenvalue weighted by Gasteiger charge is 2.05. The Balaban J connectivity index is 1.62. The summed E-state index contributed by atoms with van der Waals surface area (Å²) in [6, 6.07) is 14.3. The van der Waals surface area contributed by atoms with Crippen LogP contribution in [0.4, 0.5) is 5.69 Å². The van der Waals surface area contributed by atoms with Crippen LogP contribution in [0.1, 0.15) is 5.56 Å². The lowest BCUT2D eigenvalue weighted by molar-refractivity contribution is -0.111. The van der Waals surface area contributed by atoms with E-state index in [4.69, 9.17) is 14.7 Å². The van der Waals surface area contributed by atoms with Gasteiger partial charge in [0.25, 0.3) is 0 Å². The van der Waals surface area contributed by atoms with Gasteiger partial charge < -0.3 is 14.8 Å². The van der Waals surface area contributed by atoms with Gasteiger partial charge in [0.15, 0.2) is 18.1 Å². The second-order valence-corrected chi connectivity index (χ2v) is 5.57. The number of benzene rings is 2. The number of nitriles is 1. The minimum absolute atomic E-state index is 0.0658. The van der Waals surface area contributed by atoms with Gasteiger partial charge in [0, 0.05) is 11.8 Å². The third-order valence-corrected chi connectivity index (χ3v) is 3.73. The molecule has 3 aromatic rings. The number of ether oxygens (including phenoxy) is 2. The quantitative estimate of drug-likeness (QED) is 0.637. The van der Waals surface area contributed by atoms with Crippen LogP contribution < -0.4 is 14.8 Å². The van der Waals surface area contributed by atoms with Crippen LogP contribution in [0, 0.1) is 11.3 Å². The van der Waals surface area contributed by atoms with Crippen molar-refractivity contribution in [1.82, 2.24) is 14.8 Å². The number of nitrogens with one attached hydrogen (secondary N) is 1. The van der Waals surface area contributed by atoms with Crippen molar-refractivity contribution < 1.29 is 14.3 Å². The second-order valence-electron chi connectivity index (χ2n) is 5.57. The number of hydrogen-bond acceptors (Lipinski definition) is 6. The van der Waals surface area contributed by atoms with Crippen LogP contribution in [0.2, 0.25) is 0 Å². The molecule has 140 valence electrons. The Morgan fingerprint density at radius 2 is 2.07 bits per heavy atom. The molecular formula is C20H17N5O3. The summed E-state index contributed by atoms with van der Waals surface area (Å²) in [6.07, 6.45) is 6.14. The molecule has 3 rings (SSSR count). The first-order valence-electron chi connectivity index (χ1n) is 8.31. The van der Waals surface area contributed by atoms with Crippen molar-refractivity contribution in [2.75, 3.05) is 19.0 Å². The lowest BCUT2D eigenvalue weighted by atomic mass is 10.2. The highest BCUT2D eigenvalue weighted by molar-refractivity contribution is 6.02. The summed E-state index contributed by atoms with van der Waals surface area (Å²) in [4.78, 5) is 16.0. The van der Waals surface area contributed by atoms with Crippen molar-refractivity contribution in [3.05, 3.63) is 66.8 Å². The Kier molecular flexibility index (Phi) is 6.00. The highest BCUT2D eigenvalue weighted by atomic mass is 16.5. The van der Waals surface area contributed by atoms with Crippen LogP contribution in [-0.4, -0.2) is 34.4 Å². The molecule has 0 aliphatic carbocycles. The van der Waals surface area contributed by atoms with Crippen molar-refractivity contribution in [1.29, 1.82) is 5.26 Å². The van der Waals surface area contributed by atoms with E-state index >= 15 is 0 Å². The summed E-state index contributed by atoms with van der Waals surface area (Å²) in [5.74, 6) is 0.692. The molecule has 0 atom stereocenters. The molecule has 0 aliphatic heterocycles. The maximum Gasteiger partial charge on any atom is 0.248 e. The van der Waals surface area contributed by atoms with Gasteiger partial charge in [0.2, 0.25) is 5.91 Å². The Bertz CT molecular complexity index is 1010. The predicted molar refractivity (Wildman–Crippen MR) is 103 cm³/mol. The zero-order valence-corrected chi connectivity index (χ0v) is 15.1. The Morgan fingerprint density at radius 1 is 1.25 bits per heavy atom. The largest absolute Gasteiger partial charge is 0.493 e. The fraction of sp³-hybridized carbons (Fsp3) is 0.100. The second kappa shape index (κ2) is 9.00. The molecule has 0 unspecified atom stereocenters. The number of methoxy groups -OCH3 is 1. The summed E-state index contributed by atoms with van der Waals surface area (Å²) in [7, 11) is 1.51. The molecule has 0 saturated carbocycles. The number of anilines is 1. The van der Waals surface area contributed by atoms with E-state index in [1.54, 1.807) is 47.4 Å². The SMILES string of the molecule is COc1cc(/C=C/C(=O)Nc2ccc(-n3cncn3)cc2)ccc1OCC#N. The lowest BCUT2D eigenvalue weighted by Gasteiger charge is -2.08. The van der Waals surface area contributed by atoms with E-state index in [1.807, 2.05) is 18.2 Å². The molecule has 1 heterocycles. The van der Waals surface area contributed by atoms with E-state index in [9.17, 15) is 4.79 Å². The number of hydrogen-bond donors (Lipinski definition) is 1. The number of carbonyl (C=O) groups excluding carboxylic acids is 1. The Hall–Kier alpha value is -4.12. The molecule has 1 aromatic heterocycles. The molecule has 0 spiro atoms.